The van der Waals surface area contributed by atoms with Gasteiger partial charge in [0.2, 0.25) is 5.91 Å². The number of esters is 1. The van der Waals surface area contributed by atoms with Crippen LogP contribution in [-0.2, 0) is 27.2 Å². The number of benzene rings is 2. The van der Waals surface area contributed by atoms with Gasteiger partial charge in [-0.1, -0.05) is 48.5 Å². The summed E-state index contributed by atoms with van der Waals surface area (Å²) in [5.41, 5.74) is 4.24. The molecule has 0 unspecified atom stereocenters. The van der Waals surface area contributed by atoms with Crippen LogP contribution in [0.2, 0.25) is 0 Å². The molecule has 4 heteroatoms. The van der Waals surface area contributed by atoms with E-state index in [0.717, 1.165) is 16.7 Å². The number of carbonyl (C=O) groups excluding carboxylic acids is 2. The van der Waals surface area contributed by atoms with E-state index in [1.807, 2.05) is 62.4 Å². The molecule has 0 fully saturated rings. The number of nitrogens with one attached hydrogen (secondary N) is 1. The third-order valence-corrected chi connectivity index (χ3v) is 4.04. The lowest BCUT2D eigenvalue weighted by molar-refractivity contribution is -0.145. The summed E-state index contributed by atoms with van der Waals surface area (Å²) in [6.07, 6.45) is 0.648. The summed E-state index contributed by atoms with van der Waals surface area (Å²) in [5, 5.41) is 2.79. The van der Waals surface area contributed by atoms with Crippen molar-refractivity contribution in [1.29, 1.82) is 0 Å². The maximum Gasteiger partial charge on any atom is 0.328 e. The minimum atomic E-state index is -0.684. The first kappa shape index (κ1) is 17.7. The molecule has 0 saturated heterocycles. The van der Waals surface area contributed by atoms with E-state index in [1.165, 1.54) is 12.7 Å². The zero-order valence-corrected chi connectivity index (χ0v) is 14.3. The Bertz CT molecular complexity index is 710. The highest BCUT2D eigenvalue weighted by molar-refractivity contribution is 5.85. The van der Waals surface area contributed by atoms with Gasteiger partial charge in [-0.15, -0.1) is 0 Å². The van der Waals surface area contributed by atoms with Crippen LogP contribution in [0.4, 0.5) is 0 Å². The lowest BCUT2D eigenvalue weighted by Crippen LogP contribution is -2.43. The molecule has 0 aromatic heterocycles. The minimum absolute atomic E-state index is 0.190. The molecular weight excluding hydrogens is 302 g/mol. The molecule has 4 nitrogen and oxygen atoms in total. The third-order valence-electron chi connectivity index (χ3n) is 4.04. The molecule has 0 radical (unpaired) electrons. The fraction of sp³-hybridized carbons (Fsp3) is 0.300. The van der Waals surface area contributed by atoms with Crippen LogP contribution in [0.25, 0.3) is 0 Å². The van der Waals surface area contributed by atoms with Crippen LogP contribution in [0.15, 0.2) is 48.5 Å². The fourth-order valence-corrected chi connectivity index (χ4v) is 2.53. The Morgan fingerprint density at radius 1 is 1.00 bits per heavy atom. The Kier molecular flexibility index (Phi) is 6.13. The highest BCUT2D eigenvalue weighted by Crippen LogP contribution is 2.11. The standard InChI is InChI=1S/C20H23NO3/c1-14-9-10-17(11-15(14)2)13-19(22)21-18(20(23)24-3)12-16-7-5-4-6-8-16/h4-11,18H,12-13H2,1-3H3,(H,21,22)/t18-/m0/s1. The maximum absolute atomic E-state index is 12.3. The second-order valence-corrected chi connectivity index (χ2v) is 5.93. The second kappa shape index (κ2) is 8.29. The quantitative estimate of drug-likeness (QED) is 0.831. The Morgan fingerprint density at radius 2 is 1.71 bits per heavy atom. The number of methoxy groups -OCH3 is 1. The van der Waals surface area contributed by atoms with E-state index < -0.39 is 12.0 Å². The number of aryl methyl sites for hydroxylation is 2. The summed E-state index contributed by atoms with van der Waals surface area (Å²) < 4.78 is 4.82. The highest BCUT2D eigenvalue weighted by atomic mass is 16.5. The molecule has 1 amide bonds. The van der Waals surface area contributed by atoms with Crippen molar-refractivity contribution in [2.45, 2.75) is 32.7 Å². The average Bonchev–Trinajstić information content (AvgIpc) is 2.58. The van der Waals surface area contributed by atoms with Crippen molar-refractivity contribution in [3.05, 3.63) is 70.8 Å². The highest BCUT2D eigenvalue weighted by Gasteiger charge is 2.22. The first-order valence-electron chi connectivity index (χ1n) is 7.97. The van der Waals surface area contributed by atoms with Gasteiger partial charge in [-0.3, -0.25) is 4.79 Å². The van der Waals surface area contributed by atoms with Crippen molar-refractivity contribution in [3.63, 3.8) is 0 Å². The molecule has 0 heterocycles. The monoisotopic (exact) mass is 325 g/mol. The van der Waals surface area contributed by atoms with Crippen molar-refractivity contribution >= 4 is 11.9 Å². The van der Waals surface area contributed by atoms with Crippen LogP contribution in [0.1, 0.15) is 22.3 Å². The Morgan fingerprint density at radius 3 is 2.33 bits per heavy atom. The number of hydrogen-bond acceptors (Lipinski definition) is 3. The first-order valence-corrected chi connectivity index (χ1v) is 7.97. The van der Waals surface area contributed by atoms with Crippen LogP contribution in [0.5, 0.6) is 0 Å². The molecule has 0 aliphatic carbocycles. The molecule has 2 aromatic rings. The first-order chi connectivity index (χ1) is 11.5. The van der Waals surface area contributed by atoms with Gasteiger partial charge in [-0.25, -0.2) is 4.79 Å². The van der Waals surface area contributed by atoms with Gasteiger partial charge in [-0.2, -0.15) is 0 Å². The molecule has 2 aromatic carbocycles. The lowest BCUT2D eigenvalue weighted by atomic mass is 10.0. The maximum atomic E-state index is 12.3. The molecule has 1 atom stereocenters. The molecule has 2 rings (SSSR count). The van der Waals surface area contributed by atoms with Crippen molar-refractivity contribution < 1.29 is 14.3 Å². The summed E-state index contributed by atoms with van der Waals surface area (Å²) in [5.74, 6) is -0.628. The molecule has 0 bridgehead atoms. The number of rotatable bonds is 6. The van der Waals surface area contributed by atoms with Crippen molar-refractivity contribution in [2.75, 3.05) is 7.11 Å². The number of ether oxygens (including phenoxy) is 1. The van der Waals surface area contributed by atoms with Crippen molar-refractivity contribution in [1.82, 2.24) is 5.32 Å². The summed E-state index contributed by atoms with van der Waals surface area (Å²) in [4.78, 5) is 24.3. The number of hydrogen-bond donors (Lipinski definition) is 1. The Hall–Kier alpha value is -2.62. The molecule has 126 valence electrons. The number of amides is 1. The minimum Gasteiger partial charge on any atom is -0.467 e. The van der Waals surface area contributed by atoms with Gasteiger partial charge in [0, 0.05) is 6.42 Å². The van der Waals surface area contributed by atoms with E-state index in [1.54, 1.807) is 0 Å². The third kappa shape index (κ3) is 4.95. The van der Waals surface area contributed by atoms with Gasteiger partial charge in [0.25, 0.3) is 0 Å². The van der Waals surface area contributed by atoms with E-state index in [0.29, 0.717) is 6.42 Å². The van der Waals surface area contributed by atoms with E-state index >= 15 is 0 Å². The summed E-state index contributed by atoms with van der Waals surface area (Å²) in [7, 11) is 1.33. The number of carbonyl (C=O) groups is 2. The van der Waals surface area contributed by atoms with Crippen molar-refractivity contribution in [2.24, 2.45) is 0 Å². The zero-order chi connectivity index (χ0) is 17.5. The SMILES string of the molecule is COC(=O)[C@H](Cc1ccccc1)NC(=O)Cc1ccc(C)c(C)c1. The zero-order valence-electron chi connectivity index (χ0n) is 14.3. The van der Waals surface area contributed by atoms with Crippen LogP contribution in [-0.4, -0.2) is 25.0 Å². The normalized spacial score (nSPS) is 11.6. The fourth-order valence-electron chi connectivity index (χ4n) is 2.53. The Labute approximate surface area is 142 Å². The van der Waals surface area contributed by atoms with Crippen molar-refractivity contribution in [3.8, 4) is 0 Å². The predicted octanol–water partition coefficient (Wildman–Crippen LogP) is 2.75. The van der Waals surface area contributed by atoms with E-state index in [9.17, 15) is 9.59 Å². The van der Waals surface area contributed by atoms with Gasteiger partial charge >= 0.3 is 5.97 Å². The van der Waals surface area contributed by atoms with Crippen LogP contribution in [0.3, 0.4) is 0 Å². The smallest absolute Gasteiger partial charge is 0.328 e. The second-order valence-electron chi connectivity index (χ2n) is 5.93. The molecule has 1 N–H and O–H groups in total. The predicted molar refractivity (Wildman–Crippen MR) is 93.7 cm³/mol. The van der Waals surface area contributed by atoms with Gasteiger partial charge in [0.15, 0.2) is 0 Å². The van der Waals surface area contributed by atoms with E-state index in [2.05, 4.69) is 5.32 Å². The average molecular weight is 325 g/mol. The molecule has 0 aliphatic heterocycles. The van der Waals surface area contributed by atoms with Gasteiger partial charge in [0.1, 0.15) is 6.04 Å². The molecule has 0 spiro atoms. The van der Waals surface area contributed by atoms with Gasteiger partial charge in [0.05, 0.1) is 13.5 Å². The van der Waals surface area contributed by atoms with Crippen LogP contribution >= 0.6 is 0 Å². The summed E-state index contributed by atoms with van der Waals surface area (Å²) in [6.45, 7) is 4.05. The molecular formula is C20H23NO3. The molecule has 0 aliphatic rings. The van der Waals surface area contributed by atoms with Gasteiger partial charge in [-0.05, 0) is 36.1 Å². The molecule has 0 saturated carbocycles. The van der Waals surface area contributed by atoms with Gasteiger partial charge < -0.3 is 10.1 Å². The Balaban J connectivity index is 2.03. The molecule has 24 heavy (non-hydrogen) atoms. The largest absolute Gasteiger partial charge is 0.467 e. The van der Waals surface area contributed by atoms with Crippen LogP contribution < -0.4 is 5.32 Å². The van der Waals surface area contributed by atoms with E-state index in [4.69, 9.17) is 4.74 Å². The van der Waals surface area contributed by atoms with E-state index in [-0.39, 0.29) is 12.3 Å². The summed E-state index contributed by atoms with van der Waals surface area (Å²) in [6, 6.07) is 14.8. The summed E-state index contributed by atoms with van der Waals surface area (Å²) >= 11 is 0. The van der Waals surface area contributed by atoms with Crippen LogP contribution in [0, 0.1) is 13.8 Å². The lowest BCUT2D eigenvalue weighted by Gasteiger charge is -2.17. The topological polar surface area (TPSA) is 55.4 Å².